The van der Waals surface area contributed by atoms with E-state index in [1.54, 1.807) is 7.11 Å². The summed E-state index contributed by atoms with van der Waals surface area (Å²) >= 11 is 0. The summed E-state index contributed by atoms with van der Waals surface area (Å²) in [6.45, 7) is 1.00. The molecule has 1 aromatic carbocycles. The first-order valence-electron chi connectivity index (χ1n) is 5.28. The number of nitrogens with two attached hydrogens (primary N) is 1. The molecule has 90 valence electrons. The van der Waals surface area contributed by atoms with Gasteiger partial charge in [-0.3, -0.25) is 0 Å². The summed E-state index contributed by atoms with van der Waals surface area (Å²) in [7, 11) is 5.63. The highest BCUT2D eigenvalue weighted by Gasteiger charge is 2.10. The minimum Gasteiger partial charge on any atom is -0.496 e. The van der Waals surface area contributed by atoms with Crippen molar-refractivity contribution < 1.29 is 9.84 Å². The van der Waals surface area contributed by atoms with Crippen LogP contribution in [0.1, 0.15) is 17.2 Å². The lowest BCUT2D eigenvalue weighted by Crippen LogP contribution is -2.14. The zero-order valence-corrected chi connectivity index (χ0v) is 10.1. The molecule has 1 rings (SSSR count). The van der Waals surface area contributed by atoms with Crippen molar-refractivity contribution >= 4 is 0 Å². The Balaban J connectivity index is 3.00. The van der Waals surface area contributed by atoms with E-state index in [9.17, 15) is 5.11 Å². The van der Waals surface area contributed by atoms with Crippen molar-refractivity contribution in [2.24, 2.45) is 5.73 Å². The maximum absolute atomic E-state index is 9.67. The summed E-state index contributed by atoms with van der Waals surface area (Å²) < 4.78 is 5.28. The van der Waals surface area contributed by atoms with Crippen molar-refractivity contribution in [2.45, 2.75) is 12.6 Å². The maximum atomic E-state index is 9.67. The summed E-state index contributed by atoms with van der Waals surface area (Å²) in [6.07, 6.45) is -0.605. The SMILES string of the molecule is COc1ccc(C(O)CN)cc1CN(C)C. The Morgan fingerprint density at radius 2 is 2.12 bits per heavy atom. The molecular weight excluding hydrogens is 204 g/mol. The van der Waals surface area contributed by atoms with Crippen LogP contribution in [0, 0.1) is 0 Å². The number of methoxy groups -OCH3 is 1. The molecule has 0 amide bonds. The van der Waals surface area contributed by atoms with E-state index in [0.29, 0.717) is 0 Å². The normalized spacial score (nSPS) is 12.9. The third-order valence-electron chi connectivity index (χ3n) is 2.40. The first kappa shape index (κ1) is 13.0. The third-order valence-corrected chi connectivity index (χ3v) is 2.40. The Hall–Kier alpha value is -1.10. The molecule has 0 spiro atoms. The van der Waals surface area contributed by atoms with Crippen molar-refractivity contribution in [3.8, 4) is 5.75 Å². The Labute approximate surface area is 96.6 Å². The first-order valence-corrected chi connectivity index (χ1v) is 5.28. The number of rotatable bonds is 5. The van der Waals surface area contributed by atoms with Gasteiger partial charge >= 0.3 is 0 Å². The quantitative estimate of drug-likeness (QED) is 0.775. The molecule has 0 aromatic heterocycles. The van der Waals surface area contributed by atoms with E-state index < -0.39 is 6.10 Å². The molecule has 0 saturated heterocycles. The van der Waals surface area contributed by atoms with Crippen LogP contribution in [0.3, 0.4) is 0 Å². The fourth-order valence-corrected chi connectivity index (χ4v) is 1.61. The Morgan fingerprint density at radius 1 is 1.44 bits per heavy atom. The number of aliphatic hydroxyl groups excluding tert-OH is 1. The number of aliphatic hydroxyl groups is 1. The second-order valence-electron chi connectivity index (χ2n) is 4.06. The van der Waals surface area contributed by atoms with E-state index >= 15 is 0 Å². The van der Waals surface area contributed by atoms with Crippen molar-refractivity contribution in [3.05, 3.63) is 29.3 Å². The largest absolute Gasteiger partial charge is 0.496 e. The molecule has 3 N–H and O–H groups in total. The van der Waals surface area contributed by atoms with E-state index in [0.717, 1.165) is 23.4 Å². The number of hydrogen-bond acceptors (Lipinski definition) is 4. The molecule has 0 saturated carbocycles. The summed E-state index contributed by atoms with van der Waals surface area (Å²) in [5.74, 6) is 0.835. The molecule has 0 fully saturated rings. The lowest BCUT2D eigenvalue weighted by Gasteiger charge is -2.16. The molecule has 4 heteroatoms. The van der Waals surface area contributed by atoms with Crippen LogP contribution in [0.15, 0.2) is 18.2 Å². The van der Waals surface area contributed by atoms with Gasteiger partial charge in [-0.25, -0.2) is 0 Å². The summed E-state index contributed by atoms with van der Waals surface area (Å²) in [6, 6.07) is 5.65. The highest BCUT2D eigenvalue weighted by atomic mass is 16.5. The van der Waals surface area contributed by atoms with Gasteiger partial charge in [0.15, 0.2) is 0 Å². The summed E-state index contributed by atoms with van der Waals surface area (Å²) in [5, 5.41) is 9.67. The molecule has 16 heavy (non-hydrogen) atoms. The Morgan fingerprint density at radius 3 is 2.62 bits per heavy atom. The lowest BCUT2D eigenvalue weighted by molar-refractivity contribution is 0.186. The highest BCUT2D eigenvalue weighted by Crippen LogP contribution is 2.23. The second-order valence-corrected chi connectivity index (χ2v) is 4.06. The van der Waals surface area contributed by atoms with Crippen LogP contribution in [0.5, 0.6) is 5.75 Å². The van der Waals surface area contributed by atoms with Crippen molar-refractivity contribution in [1.82, 2.24) is 4.90 Å². The van der Waals surface area contributed by atoms with Crippen molar-refractivity contribution in [2.75, 3.05) is 27.7 Å². The van der Waals surface area contributed by atoms with E-state index in [-0.39, 0.29) is 6.54 Å². The van der Waals surface area contributed by atoms with Crippen LogP contribution in [-0.4, -0.2) is 37.8 Å². The first-order chi connectivity index (χ1) is 7.58. The van der Waals surface area contributed by atoms with Crippen LogP contribution in [0.2, 0.25) is 0 Å². The van der Waals surface area contributed by atoms with Gasteiger partial charge in [0, 0.05) is 18.7 Å². The van der Waals surface area contributed by atoms with Gasteiger partial charge in [0.25, 0.3) is 0 Å². The van der Waals surface area contributed by atoms with Crippen LogP contribution in [0.4, 0.5) is 0 Å². The summed E-state index contributed by atoms with van der Waals surface area (Å²) in [4.78, 5) is 2.05. The smallest absolute Gasteiger partial charge is 0.123 e. The van der Waals surface area contributed by atoms with Crippen LogP contribution < -0.4 is 10.5 Å². The number of benzene rings is 1. The fourth-order valence-electron chi connectivity index (χ4n) is 1.61. The molecule has 0 aliphatic rings. The Kier molecular flexibility index (Phi) is 4.73. The molecule has 1 unspecified atom stereocenters. The molecule has 0 radical (unpaired) electrons. The molecule has 0 aliphatic carbocycles. The van der Waals surface area contributed by atoms with Gasteiger partial charge in [0.2, 0.25) is 0 Å². The number of nitrogens with zero attached hydrogens (tertiary/aromatic N) is 1. The van der Waals surface area contributed by atoms with Crippen molar-refractivity contribution in [3.63, 3.8) is 0 Å². The molecule has 0 bridgehead atoms. The number of hydrogen-bond donors (Lipinski definition) is 2. The Bertz CT molecular complexity index is 340. The average molecular weight is 224 g/mol. The van der Waals surface area contributed by atoms with Gasteiger partial charge in [0.1, 0.15) is 5.75 Å². The average Bonchev–Trinajstić information content (AvgIpc) is 2.27. The standard InChI is InChI=1S/C12H20N2O2/c1-14(2)8-10-6-9(11(15)7-13)4-5-12(10)16-3/h4-6,11,15H,7-8,13H2,1-3H3. The second kappa shape index (κ2) is 5.84. The van der Waals surface area contributed by atoms with Gasteiger partial charge in [-0.05, 0) is 31.8 Å². The highest BCUT2D eigenvalue weighted by molar-refractivity contribution is 5.38. The topological polar surface area (TPSA) is 58.7 Å². The predicted molar refractivity (Wildman–Crippen MR) is 64.4 cm³/mol. The fraction of sp³-hybridized carbons (Fsp3) is 0.500. The van der Waals surface area contributed by atoms with Gasteiger partial charge in [-0.1, -0.05) is 6.07 Å². The van der Waals surface area contributed by atoms with Crippen LogP contribution in [0.25, 0.3) is 0 Å². The summed E-state index contributed by atoms with van der Waals surface area (Å²) in [5.41, 5.74) is 7.32. The zero-order valence-electron chi connectivity index (χ0n) is 10.1. The van der Waals surface area contributed by atoms with Crippen molar-refractivity contribution in [1.29, 1.82) is 0 Å². The van der Waals surface area contributed by atoms with Gasteiger partial charge in [0.05, 0.1) is 13.2 Å². The van der Waals surface area contributed by atoms with Gasteiger partial charge < -0.3 is 20.5 Å². The maximum Gasteiger partial charge on any atom is 0.123 e. The van der Waals surface area contributed by atoms with Crippen LogP contribution >= 0.6 is 0 Å². The predicted octanol–water partition coefficient (Wildman–Crippen LogP) is 0.749. The molecule has 0 heterocycles. The zero-order chi connectivity index (χ0) is 12.1. The monoisotopic (exact) mass is 224 g/mol. The van der Waals surface area contributed by atoms with Gasteiger partial charge in [-0.2, -0.15) is 0 Å². The third kappa shape index (κ3) is 3.20. The van der Waals surface area contributed by atoms with E-state index in [4.69, 9.17) is 10.5 Å². The minimum absolute atomic E-state index is 0.230. The van der Waals surface area contributed by atoms with E-state index in [1.165, 1.54) is 0 Å². The number of ether oxygens (including phenoxy) is 1. The van der Waals surface area contributed by atoms with E-state index in [1.807, 2.05) is 32.3 Å². The molecule has 1 aromatic rings. The molecule has 1 atom stereocenters. The molecule has 4 nitrogen and oxygen atoms in total. The molecule has 0 aliphatic heterocycles. The minimum atomic E-state index is -0.605. The van der Waals surface area contributed by atoms with E-state index in [2.05, 4.69) is 4.90 Å². The van der Waals surface area contributed by atoms with Gasteiger partial charge in [-0.15, -0.1) is 0 Å². The molecular formula is C12H20N2O2. The van der Waals surface area contributed by atoms with Crippen LogP contribution in [-0.2, 0) is 6.54 Å². The lowest BCUT2D eigenvalue weighted by atomic mass is 10.0.